The topological polar surface area (TPSA) is 85.2 Å². The summed E-state index contributed by atoms with van der Waals surface area (Å²) in [5.74, 6) is 0. The van der Waals surface area contributed by atoms with Gasteiger partial charge in [0.15, 0.2) is 6.29 Å². The molecule has 0 aromatic heterocycles. The first-order chi connectivity index (χ1) is 12.0. The zero-order valence-corrected chi connectivity index (χ0v) is 17.1. The van der Waals surface area contributed by atoms with Crippen molar-refractivity contribution in [3.05, 3.63) is 0 Å². The van der Waals surface area contributed by atoms with Gasteiger partial charge in [0.05, 0.1) is 0 Å². The Balaban J connectivity index is 0. The zero-order chi connectivity index (χ0) is 18.8. The third-order valence-corrected chi connectivity index (χ3v) is 4.37. The van der Waals surface area contributed by atoms with Gasteiger partial charge in [-0.25, -0.2) is 4.57 Å². The molecular formula is C18H40KO6P. The molecule has 6 nitrogen and oxygen atoms in total. The van der Waals surface area contributed by atoms with Crippen molar-refractivity contribution < 1.29 is 28.7 Å². The molecule has 0 heterocycles. The van der Waals surface area contributed by atoms with Gasteiger partial charge in [0.1, 0.15) is 0 Å². The van der Waals surface area contributed by atoms with E-state index in [0.717, 1.165) is 38.5 Å². The molecule has 0 radical (unpaired) electrons. The van der Waals surface area contributed by atoms with E-state index in [-0.39, 0.29) is 51.4 Å². The molecule has 0 fully saturated rings. The van der Waals surface area contributed by atoms with Gasteiger partial charge in [-0.3, -0.25) is 0 Å². The Hall–Kier alpha value is 1.67. The Morgan fingerprint density at radius 1 is 0.769 bits per heavy atom. The van der Waals surface area contributed by atoms with Crippen LogP contribution in [0.1, 0.15) is 104 Å². The van der Waals surface area contributed by atoms with Crippen molar-refractivity contribution in [3.8, 4) is 0 Å². The van der Waals surface area contributed by atoms with Crippen molar-refractivity contribution in [2.24, 2.45) is 0 Å². The van der Waals surface area contributed by atoms with Crippen LogP contribution in [0.3, 0.4) is 0 Å². The van der Waals surface area contributed by atoms with Crippen LogP contribution in [0.25, 0.3) is 0 Å². The predicted molar refractivity (Wildman–Crippen MR) is 107 cm³/mol. The number of hydrogen-bond donors (Lipinski definition) is 2. The summed E-state index contributed by atoms with van der Waals surface area (Å²) >= 11 is 0. The molecule has 1 atom stereocenters. The van der Waals surface area contributed by atoms with Gasteiger partial charge in [-0.2, -0.15) is 4.89 Å². The number of unbranched alkanes of at least 4 members (excludes halogenated alkanes) is 11. The third-order valence-electron chi connectivity index (χ3n) is 4.09. The Morgan fingerprint density at radius 3 is 1.73 bits per heavy atom. The van der Waals surface area contributed by atoms with Gasteiger partial charge in [0.2, 0.25) is 0 Å². The fourth-order valence-corrected chi connectivity index (χ4v) is 2.84. The molecule has 0 bridgehead atoms. The maximum atomic E-state index is 10.8. The molecule has 0 saturated heterocycles. The van der Waals surface area contributed by atoms with E-state index >= 15 is 0 Å². The molecule has 0 aliphatic heterocycles. The van der Waals surface area contributed by atoms with Gasteiger partial charge in [-0.1, -0.05) is 84.5 Å². The van der Waals surface area contributed by atoms with Gasteiger partial charge in [-0.15, -0.1) is 4.67 Å². The number of rotatable bonds is 19. The summed E-state index contributed by atoms with van der Waals surface area (Å²) in [7, 11) is -4.63. The fourth-order valence-electron chi connectivity index (χ4n) is 2.63. The molecule has 0 aliphatic carbocycles. The van der Waals surface area contributed by atoms with E-state index in [1.807, 2.05) is 0 Å². The van der Waals surface area contributed by atoms with Crippen molar-refractivity contribution in [3.63, 3.8) is 0 Å². The average molecular weight is 423 g/mol. The van der Waals surface area contributed by atoms with Crippen LogP contribution in [-0.4, -0.2) is 74.1 Å². The van der Waals surface area contributed by atoms with E-state index in [1.165, 1.54) is 44.9 Å². The van der Waals surface area contributed by atoms with E-state index in [4.69, 9.17) is 19.4 Å². The second-order valence-corrected chi connectivity index (χ2v) is 7.77. The Bertz CT molecular complexity index is 327. The van der Waals surface area contributed by atoms with E-state index in [9.17, 15) is 4.57 Å². The van der Waals surface area contributed by atoms with E-state index < -0.39 is 14.1 Å². The summed E-state index contributed by atoms with van der Waals surface area (Å²) in [5.41, 5.74) is 0. The number of phosphoric acid groups is 1. The van der Waals surface area contributed by atoms with Crippen LogP contribution in [0, 0.1) is 0 Å². The van der Waals surface area contributed by atoms with Crippen molar-refractivity contribution in [1.82, 2.24) is 0 Å². The van der Waals surface area contributed by atoms with Gasteiger partial charge in [-0.05, 0) is 12.8 Å². The van der Waals surface area contributed by atoms with E-state index in [0.29, 0.717) is 13.0 Å². The number of ether oxygens (including phenoxy) is 1. The van der Waals surface area contributed by atoms with Crippen LogP contribution >= 0.6 is 7.82 Å². The molecule has 2 N–H and O–H groups in total. The van der Waals surface area contributed by atoms with Crippen LogP contribution in [0.4, 0.5) is 0 Å². The van der Waals surface area contributed by atoms with Crippen LogP contribution < -0.4 is 0 Å². The summed E-state index contributed by atoms with van der Waals surface area (Å²) < 4.78 is 20.5. The average Bonchev–Trinajstić information content (AvgIpc) is 2.56. The monoisotopic (exact) mass is 422 g/mol. The van der Waals surface area contributed by atoms with E-state index in [2.05, 4.69) is 18.5 Å². The van der Waals surface area contributed by atoms with Crippen molar-refractivity contribution in [1.29, 1.82) is 0 Å². The van der Waals surface area contributed by atoms with Gasteiger partial charge in [0.25, 0.3) is 0 Å². The van der Waals surface area contributed by atoms with Crippen LogP contribution in [-0.2, 0) is 18.9 Å². The zero-order valence-electron chi connectivity index (χ0n) is 16.2. The van der Waals surface area contributed by atoms with Crippen LogP contribution in [0.15, 0.2) is 0 Å². The second kappa shape index (κ2) is 21.4. The van der Waals surface area contributed by atoms with Crippen molar-refractivity contribution in [2.75, 3.05) is 6.61 Å². The second-order valence-electron chi connectivity index (χ2n) is 6.64. The molecular weight excluding hydrogens is 382 g/mol. The van der Waals surface area contributed by atoms with Gasteiger partial charge in [0, 0.05) is 13.0 Å². The maximum absolute atomic E-state index is 10.8. The van der Waals surface area contributed by atoms with E-state index in [1.54, 1.807) is 0 Å². The molecule has 0 rings (SSSR count). The normalized spacial score (nSPS) is 12.8. The Morgan fingerprint density at radius 2 is 1.23 bits per heavy atom. The molecule has 8 heteroatoms. The van der Waals surface area contributed by atoms with Crippen molar-refractivity contribution >= 4 is 59.2 Å². The summed E-state index contributed by atoms with van der Waals surface area (Å²) in [6.07, 6.45) is 15.1. The predicted octanol–water partition coefficient (Wildman–Crippen LogP) is 5.22. The fraction of sp³-hybridized carbons (Fsp3) is 1.00. The quantitative estimate of drug-likeness (QED) is 0.0741. The molecule has 154 valence electrons. The number of hydrogen-bond acceptors (Lipinski definition) is 4. The van der Waals surface area contributed by atoms with Crippen LogP contribution in [0.2, 0.25) is 0 Å². The molecule has 0 aliphatic rings. The molecule has 0 aromatic rings. The Kier molecular flexibility index (Phi) is 24.6. The summed E-state index contributed by atoms with van der Waals surface area (Å²) in [6.45, 7) is 4.89. The first-order valence-corrected chi connectivity index (χ1v) is 11.5. The first-order valence-electron chi connectivity index (χ1n) is 10.0. The Labute approximate surface area is 202 Å². The SMILES string of the molecule is CCCCCCCCCCCC(OCCCCCC)OOP(=O)(O)O.[KH]. The standard InChI is InChI=1S/C18H39O6P.K.H/c1-3-5-7-9-10-11-12-13-14-16-18(23-24-25(19,20)21)22-17-15-8-6-4-2;;/h18H,3-17H2,1-2H3,(H2,19,20,21);;. The molecule has 0 spiro atoms. The molecule has 0 amide bonds. The summed E-state index contributed by atoms with van der Waals surface area (Å²) in [4.78, 5) is 22.3. The van der Waals surface area contributed by atoms with Gasteiger partial charge < -0.3 is 14.5 Å². The van der Waals surface area contributed by atoms with Crippen LogP contribution in [0.5, 0.6) is 0 Å². The third kappa shape index (κ3) is 23.7. The minimum absolute atomic E-state index is 0. The summed E-state index contributed by atoms with van der Waals surface area (Å²) in [6, 6.07) is 0. The first kappa shape index (κ1) is 29.9. The van der Waals surface area contributed by atoms with Crippen molar-refractivity contribution in [2.45, 2.75) is 110 Å². The minimum atomic E-state index is -4.63. The molecule has 0 aromatic carbocycles. The molecule has 26 heavy (non-hydrogen) atoms. The summed E-state index contributed by atoms with van der Waals surface area (Å²) in [5, 5.41) is 0. The molecule has 0 saturated carbocycles. The molecule has 1 unspecified atom stereocenters. The van der Waals surface area contributed by atoms with Gasteiger partial charge >= 0.3 is 59.2 Å².